The van der Waals surface area contributed by atoms with Crippen LogP contribution in [0.25, 0.3) is 0 Å². The number of nitro groups is 1. The maximum Gasteiger partial charge on any atom is 0.305 e. The Kier molecular flexibility index (Phi) is 6.32. The molecule has 0 spiro atoms. The predicted molar refractivity (Wildman–Crippen MR) is 166 cm³/mol. The number of aromatic amines is 1. The smallest absolute Gasteiger partial charge is 0.305 e. The molecule has 9 nitrogen and oxygen atoms in total. The van der Waals surface area contributed by atoms with E-state index in [2.05, 4.69) is 36.2 Å². The molecule has 2 bridgehead atoms. The Morgan fingerprint density at radius 3 is 2.41 bits per heavy atom. The Hall–Kier alpha value is -4.22. The van der Waals surface area contributed by atoms with Gasteiger partial charge in [-0.2, -0.15) is 0 Å². The molecule has 7 atom stereocenters. The van der Waals surface area contributed by atoms with Crippen molar-refractivity contribution in [1.82, 2.24) is 4.98 Å². The normalized spacial score (nSPS) is 28.1. The maximum atomic E-state index is 13.9. The van der Waals surface area contributed by atoms with Crippen LogP contribution in [0.1, 0.15) is 33.9 Å². The number of thiazole rings is 1. The number of anilines is 1. The van der Waals surface area contributed by atoms with Crippen LogP contribution in [0.15, 0.2) is 82.6 Å². The Bertz CT molecular complexity index is 1880. The zero-order valence-electron chi connectivity index (χ0n) is 23.5. The number of imide groups is 1. The van der Waals surface area contributed by atoms with Gasteiger partial charge in [0.15, 0.2) is 0 Å². The highest BCUT2D eigenvalue weighted by molar-refractivity contribution is 8.00. The first-order valence-corrected chi connectivity index (χ1v) is 16.3. The summed E-state index contributed by atoms with van der Waals surface area (Å²) in [6.45, 7) is 2.52. The third-order valence-electron chi connectivity index (χ3n) is 9.77. The monoisotopic (exact) mass is 625 g/mol. The third kappa shape index (κ3) is 4.16. The zero-order valence-corrected chi connectivity index (χ0v) is 25.2. The van der Waals surface area contributed by atoms with E-state index >= 15 is 0 Å². The van der Waals surface area contributed by atoms with Gasteiger partial charge < -0.3 is 9.72 Å². The van der Waals surface area contributed by atoms with Gasteiger partial charge in [0.1, 0.15) is 12.4 Å². The van der Waals surface area contributed by atoms with Gasteiger partial charge in [-0.25, -0.2) is 0 Å². The number of thioether (sulfide) groups is 1. The number of aromatic nitrogens is 1. The summed E-state index contributed by atoms with van der Waals surface area (Å²) in [5.74, 6) is -0.597. The van der Waals surface area contributed by atoms with Crippen LogP contribution < -0.4 is 14.5 Å². The molecule has 44 heavy (non-hydrogen) atoms. The van der Waals surface area contributed by atoms with Crippen molar-refractivity contribution in [2.75, 3.05) is 4.90 Å². The topological polar surface area (TPSA) is 123 Å². The molecule has 2 aliphatic carbocycles. The molecule has 1 N–H and O–H groups in total. The fraction of sp³-hybridized carbons (Fsp3) is 0.303. The molecule has 3 fully saturated rings. The predicted octanol–water partition coefficient (Wildman–Crippen LogP) is 5.91. The van der Waals surface area contributed by atoms with Crippen LogP contribution in [0.2, 0.25) is 0 Å². The molecule has 0 unspecified atom stereocenters. The molecule has 4 aromatic rings. The summed E-state index contributed by atoms with van der Waals surface area (Å²) in [5, 5.41) is 12.1. The van der Waals surface area contributed by atoms with E-state index < -0.39 is 16.8 Å². The number of non-ortho nitro benzene ring substituents is 1. The van der Waals surface area contributed by atoms with Gasteiger partial charge in [0.25, 0.3) is 5.69 Å². The molecule has 2 amide bonds. The van der Waals surface area contributed by atoms with Crippen molar-refractivity contribution in [2.24, 2.45) is 29.6 Å². The minimum absolute atomic E-state index is 0.00418. The summed E-state index contributed by atoms with van der Waals surface area (Å²) in [7, 11) is 0. The number of nitrogens with one attached hydrogen (secondary N) is 1. The molecule has 222 valence electrons. The van der Waals surface area contributed by atoms with Gasteiger partial charge in [0.2, 0.25) is 11.8 Å². The van der Waals surface area contributed by atoms with E-state index in [-0.39, 0.29) is 51.3 Å². The number of nitro benzene ring substituents is 1. The second-order valence-electron chi connectivity index (χ2n) is 12.1. The number of amides is 2. The van der Waals surface area contributed by atoms with Crippen LogP contribution in [0.5, 0.6) is 5.75 Å². The summed E-state index contributed by atoms with van der Waals surface area (Å²) in [5.41, 5.74) is 3.62. The van der Waals surface area contributed by atoms with Gasteiger partial charge in [-0.1, -0.05) is 53.3 Å². The Morgan fingerprint density at radius 2 is 1.70 bits per heavy atom. The molecule has 1 aromatic heterocycles. The lowest BCUT2D eigenvalue weighted by Crippen LogP contribution is -2.42. The van der Waals surface area contributed by atoms with E-state index in [4.69, 9.17) is 4.74 Å². The van der Waals surface area contributed by atoms with E-state index in [1.165, 1.54) is 46.1 Å². The molecule has 3 heterocycles. The Labute approximate surface area is 260 Å². The van der Waals surface area contributed by atoms with E-state index in [1.54, 1.807) is 11.8 Å². The van der Waals surface area contributed by atoms with Gasteiger partial charge >= 0.3 is 4.87 Å². The van der Waals surface area contributed by atoms with Crippen molar-refractivity contribution < 1.29 is 19.2 Å². The number of nitrogens with zero attached hydrogens (tertiary/aromatic N) is 2. The third-order valence-corrected chi connectivity index (χ3v) is 12.4. The fourth-order valence-electron chi connectivity index (χ4n) is 8.11. The van der Waals surface area contributed by atoms with Crippen LogP contribution in [-0.2, 0) is 16.2 Å². The SMILES string of the molecule is Cc1cccc(COc2ccc([C@@H]3c4sc(=O)[nH]c4S[C@@H]4[C@@H]5C[C@@H]([C@@H]6C(=O)N(c7ccc([N+](=O)[O-])cc7)C(=O)[C@@H]56)[C@@H]34)cc2)c1. The average molecular weight is 626 g/mol. The van der Waals surface area contributed by atoms with Gasteiger partial charge in [0, 0.05) is 28.2 Å². The van der Waals surface area contributed by atoms with Gasteiger partial charge in [-0.15, -0.1) is 11.8 Å². The molecule has 11 heteroatoms. The van der Waals surface area contributed by atoms with Gasteiger partial charge in [0.05, 0.1) is 27.5 Å². The molecule has 2 saturated carbocycles. The van der Waals surface area contributed by atoms with E-state index in [9.17, 15) is 24.5 Å². The molecule has 8 rings (SSSR count). The van der Waals surface area contributed by atoms with E-state index in [1.807, 2.05) is 24.3 Å². The van der Waals surface area contributed by atoms with Crippen LogP contribution in [0.4, 0.5) is 11.4 Å². The zero-order chi connectivity index (χ0) is 30.3. The molecule has 4 aliphatic rings. The van der Waals surface area contributed by atoms with Gasteiger partial charge in [-0.3, -0.25) is 29.4 Å². The highest BCUT2D eigenvalue weighted by atomic mass is 32.2. The second kappa shape index (κ2) is 10.2. The van der Waals surface area contributed by atoms with Crippen LogP contribution in [0, 0.1) is 46.6 Å². The van der Waals surface area contributed by atoms with Crippen molar-refractivity contribution in [1.29, 1.82) is 0 Å². The molecule has 3 aromatic carbocycles. The van der Waals surface area contributed by atoms with Gasteiger partial charge in [-0.05, 0) is 66.5 Å². The molecule has 2 aliphatic heterocycles. The van der Waals surface area contributed by atoms with Crippen molar-refractivity contribution in [3.8, 4) is 5.75 Å². The van der Waals surface area contributed by atoms with Crippen molar-refractivity contribution in [3.05, 3.63) is 114 Å². The second-order valence-corrected chi connectivity index (χ2v) is 14.3. The van der Waals surface area contributed by atoms with E-state index in [0.717, 1.165) is 33.2 Å². The summed E-state index contributed by atoms with van der Waals surface area (Å²) in [6.07, 6.45) is 0.788. The number of rotatable bonds is 6. The lowest BCUT2D eigenvalue weighted by atomic mass is 9.68. The first kappa shape index (κ1) is 27.3. The molecule has 0 radical (unpaired) electrons. The highest BCUT2D eigenvalue weighted by Gasteiger charge is 2.69. The summed E-state index contributed by atoms with van der Waals surface area (Å²) in [4.78, 5) is 56.1. The largest absolute Gasteiger partial charge is 0.489 e. The average Bonchev–Trinajstić information content (AvgIpc) is 3.75. The number of carbonyl (C=O) groups excluding carboxylic acids is 2. The number of fused-ring (bicyclic) bond motifs is 9. The van der Waals surface area contributed by atoms with Crippen molar-refractivity contribution >= 4 is 46.3 Å². The first-order chi connectivity index (χ1) is 21.3. The van der Waals surface area contributed by atoms with Crippen molar-refractivity contribution in [3.63, 3.8) is 0 Å². The fourth-order valence-corrected chi connectivity index (χ4v) is 11.0. The quantitative estimate of drug-likeness (QED) is 0.161. The van der Waals surface area contributed by atoms with Crippen LogP contribution >= 0.6 is 23.1 Å². The first-order valence-electron chi connectivity index (χ1n) is 14.6. The molecule has 1 saturated heterocycles. The van der Waals surface area contributed by atoms with Crippen LogP contribution in [0.3, 0.4) is 0 Å². The minimum atomic E-state index is -0.500. The van der Waals surface area contributed by atoms with Crippen LogP contribution in [-0.4, -0.2) is 27.0 Å². The number of benzene rings is 3. The lowest BCUT2D eigenvalue weighted by molar-refractivity contribution is -0.384. The number of ether oxygens (including phenoxy) is 1. The number of carbonyl (C=O) groups is 2. The Morgan fingerprint density at radius 1 is 0.977 bits per heavy atom. The van der Waals surface area contributed by atoms with Crippen molar-refractivity contribution in [2.45, 2.75) is 36.1 Å². The summed E-state index contributed by atoms with van der Waals surface area (Å²) >= 11 is 2.88. The number of hydrogen-bond donors (Lipinski definition) is 1. The lowest BCUT2D eigenvalue weighted by Gasteiger charge is -2.43. The highest BCUT2D eigenvalue weighted by Crippen LogP contribution is 2.68. The number of hydrogen-bond acceptors (Lipinski definition) is 8. The number of aryl methyl sites for hydroxylation is 1. The standard InChI is InChI=1S/C33H27N3O6S2/c1-16-3-2-4-17(13-16)15-42-21-11-5-18(6-12-21)24-25-22-14-23(28(25)43-30-29(24)44-33(39)34-30)27-26(22)31(37)35(32(27)38)19-7-9-20(10-8-19)36(40)41/h2-13,22-28H,14-15H2,1H3,(H,34,39)/t22-,23-,24+,25+,26+,27+,28-/m1/s1. The summed E-state index contributed by atoms with van der Waals surface area (Å²) in [6, 6.07) is 21.9. The Balaban J connectivity index is 1.10. The molecular formula is C33H27N3O6S2. The minimum Gasteiger partial charge on any atom is -0.489 e. The number of H-pyrrole nitrogens is 1. The van der Waals surface area contributed by atoms with E-state index in [0.29, 0.717) is 12.3 Å². The molecular weight excluding hydrogens is 599 g/mol. The maximum absolute atomic E-state index is 13.9. The summed E-state index contributed by atoms with van der Waals surface area (Å²) < 4.78 is 6.07.